The molecular weight excluding hydrogens is 302 g/mol. The number of pyridine rings is 1. The Kier molecular flexibility index (Phi) is 3.84. The number of rotatable bonds is 3. The number of carbonyl (C=O) groups is 1. The number of nitrogens with zero attached hydrogens (tertiary/aromatic N) is 2. The molecule has 124 valence electrons. The Morgan fingerprint density at radius 3 is 2.88 bits per heavy atom. The number of amides is 1. The summed E-state index contributed by atoms with van der Waals surface area (Å²) in [5.74, 6) is 1.46. The standard InChI is InChI=1S/C19H21N3O2/c1-24-15-4-2-3-14(11-15)13-6-9-22(10-7-13)17-5-8-20-16-12-21-19(23)18(16)17/h2-5,8,11,13H,6-7,9-10,12H2,1H3,(H,21,23). The Labute approximate surface area is 141 Å². The summed E-state index contributed by atoms with van der Waals surface area (Å²) in [7, 11) is 1.71. The zero-order valence-corrected chi connectivity index (χ0v) is 13.8. The number of anilines is 1. The van der Waals surface area contributed by atoms with Crippen LogP contribution < -0.4 is 15.0 Å². The van der Waals surface area contributed by atoms with Crippen LogP contribution in [0, 0.1) is 0 Å². The molecule has 2 aromatic rings. The van der Waals surface area contributed by atoms with E-state index in [0.717, 1.165) is 48.6 Å². The number of nitrogens with one attached hydrogen (secondary N) is 1. The molecule has 1 aromatic heterocycles. The minimum Gasteiger partial charge on any atom is -0.497 e. The van der Waals surface area contributed by atoms with Crippen LogP contribution in [0.4, 0.5) is 5.69 Å². The molecule has 1 saturated heterocycles. The highest BCUT2D eigenvalue weighted by atomic mass is 16.5. The number of fused-ring (bicyclic) bond motifs is 1. The molecule has 2 aliphatic rings. The van der Waals surface area contributed by atoms with E-state index in [1.807, 2.05) is 18.3 Å². The number of carbonyl (C=O) groups excluding carboxylic acids is 1. The third kappa shape index (κ3) is 2.60. The predicted molar refractivity (Wildman–Crippen MR) is 92.6 cm³/mol. The number of hydrogen-bond acceptors (Lipinski definition) is 4. The number of ether oxygens (including phenoxy) is 1. The summed E-state index contributed by atoms with van der Waals surface area (Å²) in [6.07, 6.45) is 3.96. The van der Waals surface area contributed by atoms with Crippen LogP contribution in [-0.4, -0.2) is 31.1 Å². The van der Waals surface area contributed by atoms with E-state index >= 15 is 0 Å². The first-order valence-electron chi connectivity index (χ1n) is 8.41. The average Bonchev–Trinajstić information content (AvgIpc) is 3.03. The van der Waals surface area contributed by atoms with Crippen molar-refractivity contribution in [2.24, 2.45) is 0 Å². The zero-order valence-electron chi connectivity index (χ0n) is 13.8. The highest BCUT2D eigenvalue weighted by molar-refractivity contribution is 6.03. The van der Waals surface area contributed by atoms with Crippen LogP contribution in [0.2, 0.25) is 0 Å². The smallest absolute Gasteiger partial charge is 0.255 e. The van der Waals surface area contributed by atoms with Crippen LogP contribution in [0.3, 0.4) is 0 Å². The van der Waals surface area contributed by atoms with Crippen molar-refractivity contribution in [2.45, 2.75) is 25.3 Å². The van der Waals surface area contributed by atoms with Crippen LogP contribution in [0.1, 0.15) is 40.4 Å². The molecular formula is C19H21N3O2. The molecule has 1 aromatic carbocycles. The van der Waals surface area contributed by atoms with Gasteiger partial charge in [0.2, 0.25) is 0 Å². The minimum absolute atomic E-state index is 0.00280. The first-order chi connectivity index (χ1) is 11.8. The molecule has 5 heteroatoms. The molecule has 1 amide bonds. The molecule has 1 fully saturated rings. The van der Waals surface area contributed by atoms with Gasteiger partial charge < -0.3 is 15.0 Å². The third-order valence-corrected chi connectivity index (χ3v) is 5.05. The highest BCUT2D eigenvalue weighted by Crippen LogP contribution is 2.34. The van der Waals surface area contributed by atoms with Gasteiger partial charge in [-0.15, -0.1) is 0 Å². The summed E-state index contributed by atoms with van der Waals surface area (Å²) in [4.78, 5) is 18.7. The van der Waals surface area contributed by atoms with Gasteiger partial charge in [0, 0.05) is 19.3 Å². The average molecular weight is 323 g/mol. The van der Waals surface area contributed by atoms with Crippen molar-refractivity contribution in [2.75, 3.05) is 25.1 Å². The normalized spacial score (nSPS) is 17.5. The van der Waals surface area contributed by atoms with Crippen molar-refractivity contribution in [3.63, 3.8) is 0 Å². The van der Waals surface area contributed by atoms with E-state index in [1.165, 1.54) is 5.56 Å². The second kappa shape index (κ2) is 6.15. The van der Waals surface area contributed by atoms with E-state index < -0.39 is 0 Å². The van der Waals surface area contributed by atoms with Crippen LogP contribution in [-0.2, 0) is 6.54 Å². The van der Waals surface area contributed by atoms with Crippen LogP contribution in [0.5, 0.6) is 5.75 Å². The van der Waals surface area contributed by atoms with Gasteiger partial charge in [0.05, 0.1) is 30.6 Å². The van der Waals surface area contributed by atoms with Gasteiger partial charge in [0.15, 0.2) is 0 Å². The van der Waals surface area contributed by atoms with Gasteiger partial charge in [-0.3, -0.25) is 9.78 Å². The fraction of sp³-hybridized carbons (Fsp3) is 0.368. The lowest BCUT2D eigenvalue weighted by molar-refractivity contribution is 0.0966. The number of methoxy groups -OCH3 is 1. The lowest BCUT2D eigenvalue weighted by Gasteiger charge is -2.34. The van der Waals surface area contributed by atoms with E-state index in [4.69, 9.17) is 4.74 Å². The molecule has 0 spiro atoms. The van der Waals surface area contributed by atoms with Crippen molar-refractivity contribution in [1.29, 1.82) is 0 Å². The molecule has 0 unspecified atom stereocenters. The van der Waals surface area contributed by atoms with Gasteiger partial charge in [-0.2, -0.15) is 0 Å². The molecule has 5 nitrogen and oxygen atoms in total. The highest BCUT2D eigenvalue weighted by Gasteiger charge is 2.28. The SMILES string of the molecule is COc1cccc(C2CCN(c3ccnc4c3C(=O)NC4)CC2)c1. The predicted octanol–water partition coefficient (Wildman–Crippen LogP) is 2.72. The fourth-order valence-electron chi connectivity index (χ4n) is 3.74. The second-order valence-electron chi connectivity index (χ2n) is 6.37. The summed E-state index contributed by atoms with van der Waals surface area (Å²) >= 11 is 0. The van der Waals surface area contributed by atoms with E-state index in [1.54, 1.807) is 7.11 Å². The Morgan fingerprint density at radius 2 is 2.08 bits per heavy atom. The van der Waals surface area contributed by atoms with E-state index in [-0.39, 0.29) is 5.91 Å². The van der Waals surface area contributed by atoms with Gasteiger partial charge in [0.25, 0.3) is 5.91 Å². The minimum atomic E-state index is 0.00280. The van der Waals surface area contributed by atoms with Crippen molar-refractivity contribution in [3.8, 4) is 5.75 Å². The third-order valence-electron chi connectivity index (χ3n) is 5.05. The molecule has 2 aliphatic heterocycles. The topological polar surface area (TPSA) is 54.5 Å². The van der Waals surface area contributed by atoms with Gasteiger partial charge in [0.1, 0.15) is 5.75 Å². The van der Waals surface area contributed by atoms with Crippen molar-refractivity contribution < 1.29 is 9.53 Å². The van der Waals surface area contributed by atoms with Gasteiger partial charge in [-0.05, 0) is 42.5 Å². The summed E-state index contributed by atoms with van der Waals surface area (Å²) in [5.41, 5.74) is 4.00. The van der Waals surface area contributed by atoms with Crippen molar-refractivity contribution in [1.82, 2.24) is 10.3 Å². The lowest BCUT2D eigenvalue weighted by Crippen LogP contribution is -2.34. The number of piperidine rings is 1. The van der Waals surface area contributed by atoms with E-state index in [2.05, 4.69) is 33.4 Å². The molecule has 0 radical (unpaired) electrons. The number of aromatic nitrogens is 1. The van der Waals surface area contributed by atoms with Crippen LogP contribution >= 0.6 is 0 Å². The maximum absolute atomic E-state index is 12.1. The number of benzene rings is 1. The molecule has 0 saturated carbocycles. The summed E-state index contributed by atoms with van der Waals surface area (Å²) in [6.45, 7) is 2.44. The van der Waals surface area contributed by atoms with Gasteiger partial charge in [-0.1, -0.05) is 12.1 Å². The number of hydrogen-bond donors (Lipinski definition) is 1. The largest absolute Gasteiger partial charge is 0.497 e. The van der Waals surface area contributed by atoms with Gasteiger partial charge >= 0.3 is 0 Å². The fourth-order valence-corrected chi connectivity index (χ4v) is 3.74. The Bertz CT molecular complexity index is 767. The summed E-state index contributed by atoms with van der Waals surface area (Å²) < 4.78 is 5.34. The van der Waals surface area contributed by atoms with E-state index in [0.29, 0.717) is 12.5 Å². The maximum Gasteiger partial charge on any atom is 0.255 e. The summed E-state index contributed by atoms with van der Waals surface area (Å²) in [5, 5.41) is 2.87. The zero-order chi connectivity index (χ0) is 16.5. The molecule has 3 heterocycles. The molecule has 0 bridgehead atoms. The lowest BCUT2D eigenvalue weighted by atomic mass is 9.89. The van der Waals surface area contributed by atoms with Crippen molar-refractivity contribution >= 4 is 11.6 Å². The molecule has 1 N–H and O–H groups in total. The summed E-state index contributed by atoms with van der Waals surface area (Å²) in [6, 6.07) is 10.3. The van der Waals surface area contributed by atoms with Gasteiger partial charge in [-0.25, -0.2) is 0 Å². The van der Waals surface area contributed by atoms with E-state index in [9.17, 15) is 4.79 Å². The second-order valence-corrected chi connectivity index (χ2v) is 6.37. The Balaban J connectivity index is 1.51. The Hall–Kier alpha value is -2.56. The first-order valence-corrected chi connectivity index (χ1v) is 8.41. The molecule has 24 heavy (non-hydrogen) atoms. The first kappa shape index (κ1) is 15.0. The van der Waals surface area contributed by atoms with Crippen LogP contribution in [0.15, 0.2) is 36.5 Å². The molecule has 0 atom stereocenters. The van der Waals surface area contributed by atoms with Crippen molar-refractivity contribution in [3.05, 3.63) is 53.3 Å². The monoisotopic (exact) mass is 323 g/mol. The molecule has 4 rings (SSSR count). The van der Waals surface area contributed by atoms with Crippen LogP contribution in [0.25, 0.3) is 0 Å². The maximum atomic E-state index is 12.1. The molecule has 0 aliphatic carbocycles. The Morgan fingerprint density at radius 1 is 1.25 bits per heavy atom. The quantitative estimate of drug-likeness (QED) is 0.943.